The van der Waals surface area contributed by atoms with Crippen molar-refractivity contribution in [3.8, 4) is 0 Å². The van der Waals surface area contributed by atoms with Crippen LogP contribution in [-0.4, -0.2) is 41.4 Å². The van der Waals surface area contributed by atoms with Crippen molar-refractivity contribution < 1.29 is 4.79 Å². The van der Waals surface area contributed by atoms with Crippen LogP contribution in [0.25, 0.3) is 0 Å². The second kappa shape index (κ2) is 6.12. The van der Waals surface area contributed by atoms with Crippen LogP contribution in [-0.2, 0) is 0 Å². The smallest absolute Gasteiger partial charge is 0.253 e. The molecule has 0 aromatic carbocycles. The van der Waals surface area contributed by atoms with Crippen LogP contribution in [0.3, 0.4) is 0 Å². The fraction of sp³-hybridized carbons (Fsp3) is 0.400. The first-order chi connectivity index (χ1) is 7.15. The van der Waals surface area contributed by atoms with E-state index in [2.05, 4.69) is 20.9 Å². The number of rotatable bonds is 4. The molecular formula is C10H13BrN2OS. The number of carbonyl (C=O) groups is 1. The lowest BCUT2D eigenvalue weighted by molar-refractivity contribution is 0.0803. The second-order valence-electron chi connectivity index (χ2n) is 3.09. The maximum Gasteiger partial charge on any atom is 0.253 e. The van der Waals surface area contributed by atoms with Crippen LogP contribution >= 0.6 is 27.7 Å². The van der Waals surface area contributed by atoms with Crippen LogP contribution in [0.4, 0.5) is 0 Å². The first-order valence-electron chi connectivity index (χ1n) is 4.51. The van der Waals surface area contributed by atoms with Gasteiger partial charge in [-0.1, -0.05) is 0 Å². The summed E-state index contributed by atoms with van der Waals surface area (Å²) >= 11 is 4.98. The summed E-state index contributed by atoms with van der Waals surface area (Å²) in [7, 11) is 1.81. The summed E-state index contributed by atoms with van der Waals surface area (Å²) in [6.07, 6.45) is 3.65. The molecule has 1 rings (SSSR count). The normalized spacial score (nSPS) is 10.1. The third kappa shape index (κ3) is 3.83. The molecule has 0 aliphatic heterocycles. The largest absolute Gasteiger partial charge is 0.341 e. The number of pyridine rings is 1. The van der Waals surface area contributed by atoms with Gasteiger partial charge in [-0.25, -0.2) is 4.98 Å². The number of hydrogen-bond donors (Lipinski definition) is 0. The van der Waals surface area contributed by atoms with Gasteiger partial charge in [0.15, 0.2) is 0 Å². The Labute approximate surface area is 102 Å². The van der Waals surface area contributed by atoms with E-state index in [1.54, 1.807) is 35.0 Å². The standard InChI is InChI=1S/C10H13BrN2OS/c1-13(5-6-15-2)10(14)8-3-4-12-9(11)7-8/h3-4,7H,5-6H2,1-2H3. The fourth-order valence-electron chi connectivity index (χ4n) is 1.09. The molecule has 82 valence electrons. The van der Waals surface area contributed by atoms with Crippen LogP contribution in [0, 0.1) is 0 Å². The zero-order valence-electron chi connectivity index (χ0n) is 8.74. The quantitative estimate of drug-likeness (QED) is 0.797. The molecular weight excluding hydrogens is 276 g/mol. The van der Waals surface area contributed by atoms with Crippen molar-refractivity contribution >= 4 is 33.6 Å². The number of thioether (sulfide) groups is 1. The summed E-state index contributed by atoms with van der Waals surface area (Å²) in [5, 5.41) is 0. The Morgan fingerprint density at radius 1 is 1.67 bits per heavy atom. The molecule has 3 nitrogen and oxygen atoms in total. The van der Waals surface area contributed by atoms with Crippen molar-refractivity contribution in [2.75, 3.05) is 25.6 Å². The van der Waals surface area contributed by atoms with E-state index < -0.39 is 0 Å². The summed E-state index contributed by atoms with van der Waals surface area (Å²) in [4.78, 5) is 17.6. The van der Waals surface area contributed by atoms with Crippen molar-refractivity contribution in [1.29, 1.82) is 0 Å². The van der Waals surface area contributed by atoms with Crippen LogP contribution in [0.5, 0.6) is 0 Å². The molecule has 0 unspecified atom stereocenters. The van der Waals surface area contributed by atoms with Crippen LogP contribution in [0.15, 0.2) is 22.9 Å². The Morgan fingerprint density at radius 2 is 2.40 bits per heavy atom. The van der Waals surface area contributed by atoms with Gasteiger partial charge in [0.1, 0.15) is 4.60 Å². The van der Waals surface area contributed by atoms with E-state index >= 15 is 0 Å². The summed E-state index contributed by atoms with van der Waals surface area (Å²) in [5.74, 6) is 0.987. The number of nitrogens with zero attached hydrogens (tertiary/aromatic N) is 2. The highest BCUT2D eigenvalue weighted by atomic mass is 79.9. The van der Waals surface area contributed by atoms with Gasteiger partial charge >= 0.3 is 0 Å². The van der Waals surface area contributed by atoms with Gasteiger partial charge in [0.05, 0.1) is 0 Å². The van der Waals surface area contributed by atoms with Gasteiger partial charge in [0.2, 0.25) is 0 Å². The lowest BCUT2D eigenvalue weighted by Crippen LogP contribution is -2.28. The molecule has 0 saturated carbocycles. The minimum Gasteiger partial charge on any atom is -0.341 e. The predicted octanol–water partition coefficient (Wildman–Crippen LogP) is 2.28. The Balaban J connectivity index is 2.67. The summed E-state index contributed by atoms with van der Waals surface area (Å²) in [6.45, 7) is 0.764. The molecule has 1 amide bonds. The molecule has 0 atom stereocenters. The van der Waals surface area contributed by atoms with Gasteiger partial charge in [-0.15, -0.1) is 0 Å². The van der Waals surface area contributed by atoms with Crippen LogP contribution in [0.1, 0.15) is 10.4 Å². The Kier molecular flexibility index (Phi) is 5.11. The van der Waals surface area contributed by atoms with Crippen molar-refractivity contribution in [2.45, 2.75) is 0 Å². The van der Waals surface area contributed by atoms with Gasteiger partial charge in [-0.3, -0.25) is 4.79 Å². The Hall–Kier alpha value is -0.550. The molecule has 0 aliphatic rings. The first-order valence-corrected chi connectivity index (χ1v) is 6.70. The van der Waals surface area contributed by atoms with E-state index in [-0.39, 0.29) is 5.91 Å². The molecule has 0 spiro atoms. The summed E-state index contributed by atoms with van der Waals surface area (Å²) in [5.41, 5.74) is 0.667. The lowest BCUT2D eigenvalue weighted by atomic mass is 10.2. The molecule has 0 bridgehead atoms. The molecule has 1 aromatic heterocycles. The summed E-state index contributed by atoms with van der Waals surface area (Å²) in [6, 6.07) is 3.46. The zero-order chi connectivity index (χ0) is 11.3. The van der Waals surface area contributed by atoms with E-state index in [0.717, 1.165) is 12.3 Å². The van der Waals surface area contributed by atoms with Crippen LogP contribution in [0.2, 0.25) is 0 Å². The van der Waals surface area contributed by atoms with Gasteiger partial charge in [-0.05, 0) is 34.3 Å². The van der Waals surface area contributed by atoms with Crippen molar-refractivity contribution in [1.82, 2.24) is 9.88 Å². The average molecular weight is 289 g/mol. The monoisotopic (exact) mass is 288 g/mol. The van der Waals surface area contributed by atoms with Crippen molar-refractivity contribution in [2.24, 2.45) is 0 Å². The molecule has 1 aromatic rings. The molecule has 15 heavy (non-hydrogen) atoms. The third-order valence-electron chi connectivity index (χ3n) is 1.95. The molecule has 5 heteroatoms. The second-order valence-corrected chi connectivity index (χ2v) is 4.88. The minimum absolute atomic E-state index is 0.0344. The fourth-order valence-corrected chi connectivity index (χ4v) is 1.91. The highest BCUT2D eigenvalue weighted by Gasteiger charge is 2.11. The molecule has 0 radical (unpaired) electrons. The first kappa shape index (κ1) is 12.5. The maximum absolute atomic E-state index is 11.9. The zero-order valence-corrected chi connectivity index (χ0v) is 11.1. The Morgan fingerprint density at radius 3 is 3.00 bits per heavy atom. The molecule has 0 saturated heterocycles. The molecule has 0 fully saturated rings. The highest BCUT2D eigenvalue weighted by molar-refractivity contribution is 9.10. The average Bonchev–Trinajstić information content (AvgIpc) is 2.24. The van der Waals surface area contributed by atoms with E-state index in [0.29, 0.717) is 10.2 Å². The van der Waals surface area contributed by atoms with Gasteiger partial charge in [-0.2, -0.15) is 11.8 Å². The Bertz CT molecular complexity index is 346. The van der Waals surface area contributed by atoms with Gasteiger partial charge < -0.3 is 4.90 Å². The summed E-state index contributed by atoms with van der Waals surface area (Å²) < 4.78 is 0.687. The number of aromatic nitrogens is 1. The predicted molar refractivity (Wildman–Crippen MR) is 67.3 cm³/mol. The SMILES string of the molecule is CSCCN(C)C(=O)c1ccnc(Br)c1. The third-order valence-corrected chi connectivity index (χ3v) is 2.98. The maximum atomic E-state index is 11.9. The minimum atomic E-state index is 0.0344. The molecule has 0 N–H and O–H groups in total. The number of amides is 1. The van der Waals surface area contributed by atoms with E-state index in [1.807, 2.05) is 13.3 Å². The van der Waals surface area contributed by atoms with E-state index in [4.69, 9.17) is 0 Å². The highest BCUT2D eigenvalue weighted by Crippen LogP contribution is 2.10. The van der Waals surface area contributed by atoms with Crippen molar-refractivity contribution in [3.05, 3.63) is 28.5 Å². The van der Waals surface area contributed by atoms with Gasteiger partial charge in [0.25, 0.3) is 5.91 Å². The topological polar surface area (TPSA) is 33.2 Å². The molecule has 0 aliphatic carbocycles. The van der Waals surface area contributed by atoms with Gasteiger partial charge in [0, 0.05) is 31.1 Å². The number of halogens is 1. The van der Waals surface area contributed by atoms with E-state index in [1.165, 1.54) is 0 Å². The lowest BCUT2D eigenvalue weighted by Gasteiger charge is -2.16. The van der Waals surface area contributed by atoms with Crippen LogP contribution < -0.4 is 0 Å². The van der Waals surface area contributed by atoms with Crippen molar-refractivity contribution in [3.63, 3.8) is 0 Å². The number of hydrogen-bond acceptors (Lipinski definition) is 3. The number of carbonyl (C=O) groups excluding carboxylic acids is 1. The van der Waals surface area contributed by atoms with E-state index in [9.17, 15) is 4.79 Å². The molecule has 1 heterocycles.